The molecule has 0 saturated heterocycles. The molecule has 2 atom stereocenters. The van der Waals surface area contributed by atoms with Crippen LogP contribution in [-0.2, 0) is 17.8 Å². The van der Waals surface area contributed by atoms with E-state index in [1.54, 1.807) is 45.6 Å². The summed E-state index contributed by atoms with van der Waals surface area (Å²) in [4.78, 5) is 46.1. The summed E-state index contributed by atoms with van der Waals surface area (Å²) >= 11 is 7.62. The molecule has 11 heteroatoms. The number of aromatic nitrogens is 2. The van der Waals surface area contributed by atoms with E-state index in [0.29, 0.717) is 59.4 Å². The van der Waals surface area contributed by atoms with Crippen LogP contribution in [0.15, 0.2) is 77.7 Å². The second-order valence-electron chi connectivity index (χ2n) is 13.2. The van der Waals surface area contributed by atoms with Gasteiger partial charge in [0.15, 0.2) is 5.69 Å². The lowest BCUT2D eigenvalue weighted by Gasteiger charge is -2.36. The van der Waals surface area contributed by atoms with E-state index in [1.165, 1.54) is 0 Å². The number of benzene rings is 3. The highest BCUT2D eigenvalue weighted by molar-refractivity contribution is 8.00. The number of nitrogens with one attached hydrogen (secondary N) is 1. The average Bonchev–Trinajstić information content (AvgIpc) is 3.52. The van der Waals surface area contributed by atoms with Gasteiger partial charge < -0.3 is 20.2 Å². The minimum absolute atomic E-state index is 0.0119. The highest BCUT2D eigenvalue weighted by atomic mass is 35.5. The van der Waals surface area contributed by atoms with Crippen molar-refractivity contribution >= 4 is 46.8 Å². The topological polar surface area (TPSA) is 108 Å². The lowest BCUT2D eigenvalue weighted by atomic mass is 9.93. The summed E-state index contributed by atoms with van der Waals surface area (Å²) in [6.45, 7) is 9.53. The first-order chi connectivity index (χ1) is 24.6. The van der Waals surface area contributed by atoms with Gasteiger partial charge in [-0.05, 0) is 85.8 Å². The van der Waals surface area contributed by atoms with E-state index < -0.39 is 6.04 Å². The van der Waals surface area contributed by atoms with Crippen LogP contribution in [0.1, 0.15) is 90.5 Å². The second-order valence-corrected chi connectivity index (χ2v) is 15.1. The molecule has 0 fully saturated rings. The number of hydrogen-bond acceptors (Lipinski definition) is 6. The van der Waals surface area contributed by atoms with Gasteiger partial charge in [0.25, 0.3) is 11.8 Å². The van der Waals surface area contributed by atoms with Crippen molar-refractivity contribution in [2.75, 3.05) is 25.0 Å². The predicted molar refractivity (Wildman–Crippen MR) is 205 cm³/mol. The molecule has 51 heavy (non-hydrogen) atoms. The number of amides is 3. The standard InChI is InChI=1S/C40H48ClN5O4S/c1-5-7-19-44(20-8-6-2)40(50)36-21-27(3)46(43-36)37-18-15-32(42-38(48)22-28(4)51-34-16-13-31(41)14-17-34)24-35(37)39(49)45-25-30-12-10-9-11-29(30)23-33(45)26-47/h9-18,21,24,28,33,47H,5-8,19-20,22-23,25-26H2,1-4H3,(H,42,48). The lowest BCUT2D eigenvalue weighted by molar-refractivity contribution is -0.116. The van der Waals surface area contributed by atoms with Crippen LogP contribution >= 0.6 is 23.4 Å². The predicted octanol–water partition coefficient (Wildman–Crippen LogP) is 7.95. The molecule has 0 spiro atoms. The van der Waals surface area contributed by atoms with Crippen LogP contribution in [0, 0.1) is 6.92 Å². The summed E-state index contributed by atoms with van der Waals surface area (Å²) in [7, 11) is 0. The van der Waals surface area contributed by atoms with Crippen LogP contribution in [0.2, 0.25) is 5.02 Å². The Hall–Kier alpha value is -4.12. The summed E-state index contributed by atoms with van der Waals surface area (Å²) in [5.41, 5.74) is 4.43. The summed E-state index contributed by atoms with van der Waals surface area (Å²) in [5.74, 6) is -0.608. The SMILES string of the molecule is CCCCN(CCCC)C(=O)c1cc(C)n(-c2ccc(NC(=O)CC(C)Sc3ccc(Cl)cc3)cc2C(=O)N2Cc3ccccc3CC2CO)n1. The maximum Gasteiger partial charge on any atom is 0.274 e. The molecule has 1 aliphatic heterocycles. The minimum Gasteiger partial charge on any atom is -0.394 e. The van der Waals surface area contributed by atoms with Gasteiger partial charge in [-0.1, -0.05) is 69.5 Å². The third kappa shape index (κ3) is 9.61. The van der Waals surface area contributed by atoms with E-state index in [-0.39, 0.29) is 36.0 Å². The number of halogens is 1. The third-order valence-electron chi connectivity index (χ3n) is 9.15. The summed E-state index contributed by atoms with van der Waals surface area (Å²) in [5, 5.41) is 18.8. The van der Waals surface area contributed by atoms with Crippen molar-refractivity contribution in [3.63, 3.8) is 0 Å². The van der Waals surface area contributed by atoms with Gasteiger partial charge >= 0.3 is 0 Å². The highest BCUT2D eigenvalue weighted by Crippen LogP contribution is 2.30. The molecular formula is C40H48ClN5O4S. The van der Waals surface area contributed by atoms with E-state index in [1.807, 2.05) is 67.3 Å². The molecule has 3 aromatic carbocycles. The largest absolute Gasteiger partial charge is 0.394 e. The van der Waals surface area contributed by atoms with Crippen LogP contribution in [0.5, 0.6) is 0 Å². The van der Waals surface area contributed by atoms with E-state index in [2.05, 4.69) is 19.2 Å². The first kappa shape index (κ1) is 38.1. The average molecular weight is 730 g/mol. The maximum absolute atomic E-state index is 14.6. The number of aryl methyl sites for hydroxylation is 1. The Morgan fingerprint density at radius 1 is 1.00 bits per heavy atom. The third-order valence-corrected chi connectivity index (χ3v) is 10.5. The first-order valence-electron chi connectivity index (χ1n) is 17.8. The van der Waals surface area contributed by atoms with Gasteiger partial charge in [0, 0.05) is 52.6 Å². The van der Waals surface area contributed by atoms with Crippen molar-refractivity contribution in [3.8, 4) is 5.69 Å². The van der Waals surface area contributed by atoms with Gasteiger partial charge in [-0.25, -0.2) is 4.68 Å². The van der Waals surface area contributed by atoms with Crippen LogP contribution in [0.25, 0.3) is 5.69 Å². The minimum atomic E-state index is -0.425. The van der Waals surface area contributed by atoms with Gasteiger partial charge in [0.1, 0.15) is 0 Å². The molecule has 2 unspecified atom stereocenters. The fourth-order valence-electron chi connectivity index (χ4n) is 6.37. The van der Waals surface area contributed by atoms with Crippen molar-refractivity contribution in [1.29, 1.82) is 0 Å². The number of aliphatic hydroxyl groups excluding tert-OH is 1. The number of fused-ring (bicyclic) bond motifs is 1. The van der Waals surface area contributed by atoms with Gasteiger partial charge in [-0.2, -0.15) is 5.10 Å². The van der Waals surface area contributed by atoms with E-state index in [0.717, 1.165) is 41.7 Å². The molecule has 4 aromatic rings. The normalized spacial score (nSPS) is 14.5. The van der Waals surface area contributed by atoms with E-state index in [4.69, 9.17) is 16.7 Å². The zero-order valence-corrected chi connectivity index (χ0v) is 31.5. The van der Waals surface area contributed by atoms with Crippen LogP contribution in [0.4, 0.5) is 5.69 Å². The Labute approximate surface area is 310 Å². The van der Waals surface area contributed by atoms with Crippen molar-refractivity contribution < 1.29 is 19.5 Å². The van der Waals surface area contributed by atoms with E-state index in [9.17, 15) is 19.5 Å². The fraction of sp³-hybridized carbons (Fsp3) is 0.400. The van der Waals surface area contributed by atoms with Gasteiger partial charge in [-0.15, -0.1) is 11.8 Å². The number of unbranched alkanes of at least 4 members (excludes halogenated alkanes) is 2. The number of nitrogens with zero attached hydrogens (tertiary/aromatic N) is 4. The Balaban J connectivity index is 1.46. The van der Waals surface area contributed by atoms with Crippen LogP contribution in [-0.4, -0.2) is 73.4 Å². The smallest absolute Gasteiger partial charge is 0.274 e. The molecule has 5 rings (SSSR count). The zero-order chi connectivity index (χ0) is 36.5. The Kier molecular flexibility index (Phi) is 13.4. The number of hydrogen-bond donors (Lipinski definition) is 2. The quantitative estimate of drug-likeness (QED) is 0.120. The van der Waals surface area contributed by atoms with Crippen LogP contribution in [0.3, 0.4) is 0 Å². The number of thioether (sulfide) groups is 1. The molecular weight excluding hydrogens is 682 g/mol. The monoisotopic (exact) mass is 729 g/mol. The fourth-order valence-corrected chi connectivity index (χ4v) is 7.49. The molecule has 1 aromatic heterocycles. The van der Waals surface area contributed by atoms with Gasteiger partial charge in [0.2, 0.25) is 5.91 Å². The molecule has 0 bridgehead atoms. The van der Waals surface area contributed by atoms with Crippen molar-refractivity contribution in [2.24, 2.45) is 0 Å². The molecule has 0 aliphatic carbocycles. The molecule has 0 radical (unpaired) electrons. The molecule has 270 valence electrons. The van der Waals surface area contributed by atoms with Crippen LogP contribution < -0.4 is 5.32 Å². The van der Waals surface area contributed by atoms with E-state index >= 15 is 0 Å². The maximum atomic E-state index is 14.6. The molecule has 2 N–H and O–H groups in total. The van der Waals surface area contributed by atoms with Gasteiger partial charge in [0.05, 0.1) is 23.9 Å². The highest BCUT2D eigenvalue weighted by Gasteiger charge is 2.32. The van der Waals surface area contributed by atoms with Crippen molar-refractivity contribution in [1.82, 2.24) is 19.6 Å². The molecule has 9 nitrogen and oxygen atoms in total. The number of rotatable bonds is 15. The zero-order valence-electron chi connectivity index (χ0n) is 29.9. The first-order valence-corrected chi connectivity index (χ1v) is 19.1. The summed E-state index contributed by atoms with van der Waals surface area (Å²) in [6, 6.07) is 22.0. The Bertz CT molecular complexity index is 1820. The molecule has 1 aliphatic rings. The number of aliphatic hydroxyl groups is 1. The molecule has 2 heterocycles. The van der Waals surface area contributed by atoms with Crippen molar-refractivity contribution in [2.45, 2.75) is 89.0 Å². The summed E-state index contributed by atoms with van der Waals surface area (Å²) < 4.78 is 1.64. The second kappa shape index (κ2) is 17.9. The number of carbonyl (C=O) groups excluding carboxylic acids is 3. The van der Waals surface area contributed by atoms with Gasteiger partial charge in [-0.3, -0.25) is 14.4 Å². The Morgan fingerprint density at radius 3 is 2.35 bits per heavy atom. The summed E-state index contributed by atoms with van der Waals surface area (Å²) in [6.07, 6.45) is 4.55. The number of carbonyl (C=O) groups is 3. The molecule has 0 saturated carbocycles. The van der Waals surface area contributed by atoms with Crippen molar-refractivity contribution in [3.05, 3.63) is 106 Å². The lowest BCUT2D eigenvalue weighted by Crippen LogP contribution is -2.46. The Morgan fingerprint density at radius 2 is 1.69 bits per heavy atom. The molecule has 3 amide bonds. The number of anilines is 1.